The maximum absolute atomic E-state index is 9.24. The van der Waals surface area contributed by atoms with Gasteiger partial charge in [0.05, 0.1) is 12.2 Å². The van der Waals surface area contributed by atoms with Gasteiger partial charge in [-0.2, -0.15) is 0 Å². The summed E-state index contributed by atoms with van der Waals surface area (Å²) in [6.07, 6.45) is 1.74. The average Bonchev–Trinajstić information content (AvgIpc) is 2.60. The molecule has 0 aliphatic carbocycles. The summed E-state index contributed by atoms with van der Waals surface area (Å²) in [4.78, 5) is 0. The molecule has 1 N–H and O–H groups in total. The summed E-state index contributed by atoms with van der Waals surface area (Å²) < 4.78 is 18.3. The summed E-state index contributed by atoms with van der Waals surface area (Å²) in [5, 5.41) is 9.36. The van der Waals surface area contributed by atoms with E-state index in [9.17, 15) is 5.11 Å². The van der Waals surface area contributed by atoms with Crippen LogP contribution in [0.5, 0.6) is 0 Å². The van der Waals surface area contributed by atoms with Gasteiger partial charge >= 0.3 is 0 Å². The van der Waals surface area contributed by atoms with Gasteiger partial charge in [0.15, 0.2) is 14.1 Å². The van der Waals surface area contributed by atoms with E-state index in [2.05, 4.69) is 40.4 Å². The monoisotopic (exact) mass is 316 g/mol. The molecule has 0 aromatic heterocycles. The van der Waals surface area contributed by atoms with Crippen LogP contribution in [0.15, 0.2) is 12.7 Å². The van der Waals surface area contributed by atoms with Gasteiger partial charge in [0.2, 0.25) is 0 Å². The molecule has 124 valence electrons. The second kappa shape index (κ2) is 6.50. The number of aliphatic hydroxyl groups excluding tert-OH is 1. The van der Waals surface area contributed by atoms with Crippen molar-refractivity contribution in [1.29, 1.82) is 0 Å². The first-order chi connectivity index (χ1) is 9.43. The molecule has 0 amide bonds. The summed E-state index contributed by atoms with van der Waals surface area (Å²) >= 11 is 0. The van der Waals surface area contributed by atoms with Gasteiger partial charge in [0, 0.05) is 6.61 Å². The van der Waals surface area contributed by atoms with Crippen LogP contribution in [0.3, 0.4) is 0 Å². The highest BCUT2D eigenvalue weighted by Crippen LogP contribution is 2.40. The molecule has 1 fully saturated rings. The summed E-state index contributed by atoms with van der Waals surface area (Å²) in [5.74, 6) is -0.650. The van der Waals surface area contributed by atoms with Crippen molar-refractivity contribution in [2.24, 2.45) is 0 Å². The Labute approximate surface area is 130 Å². The third-order valence-electron chi connectivity index (χ3n) is 4.43. The SMILES string of the molecule is C=C[C@H](O[Si](C)(C)C(C)(C)C)[C@@H]1OC(C)(C)O[C@@H]1CCO. The minimum atomic E-state index is -1.92. The molecule has 0 spiro atoms. The molecule has 5 heteroatoms. The molecule has 0 aromatic carbocycles. The van der Waals surface area contributed by atoms with Crippen LogP contribution in [0.4, 0.5) is 0 Å². The van der Waals surface area contributed by atoms with Crippen LogP contribution in [0.1, 0.15) is 41.0 Å². The second-order valence-electron chi connectivity index (χ2n) is 7.73. The number of rotatable bonds is 6. The number of hydrogen-bond acceptors (Lipinski definition) is 4. The number of aliphatic hydroxyl groups is 1. The molecule has 21 heavy (non-hydrogen) atoms. The van der Waals surface area contributed by atoms with E-state index in [1.165, 1.54) is 0 Å². The Hall–Kier alpha value is -0.203. The summed E-state index contributed by atoms with van der Waals surface area (Å²) in [7, 11) is -1.92. The smallest absolute Gasteiger partial charge is 0.193 e. The highest BCUT2D eigenvalue weighted by atomic mass is 28.4. The molecule has 1 aliphatic heterocycles. The van der Waals surface area contributed by atoms with E-state index < -0.39 is 14.1 Å². The minimum absolute atomic E-state index is 0.0740. The lowest BCUT2D eigenvalue weighted by Gasteiger charge is -2.40. The highest BCUT2D eigenvalue weighted by molar-refractivity contribution is 6.74. The standard InChI is InChI=1S/C16H32O4Si/c1-9-12(20-21(7,8)15(2,3)4)14-13(10-11-17)18-16(5,6)19-14/h9,12-14,17H,1,10-11H2,2-8H3/t12-,13+,14-/m0/s1. The van der Waals surface area contributed by atoms with Gasteiger partial charge in [0.1, 0.15) is 6.10 Å². The van der Waals surface area contributed by atoms with E-state index in [0.717, 1.165) is 0 Å². The average molecular weight is 317 g/mol. The fourth-order valence-corrected chi connectivity index (χ4v) is 3.52. The van der Waals surface area contributed by atoms with Crippen molar-refractivity contribution in [3.05, 3.63) is 12.7 Å². The van der Waals surface area contributed by atoms with Crippen LogP contribution in [0, 0.1) is 0 Å². The van der Waals surface area contributed by atoms with E-state index in [0.29, 0.717) is 6.42 Å². The maximum Gasteiger partial charge on any atom is 0.193 e. The number of ether oxygens (including phenoxy) is 2. The predicted molar refractivity (Wildman–Crippen MR) is 87.8 cm³/mol. The fraction of sp³-hybridized carbons (Fsp3) is 0.875. The normalized spacial score (nSPS) is 27.6. The van der Waals surface area contributed by atoms with Gasteiger partial charge in [-0.05, 0) is 38.4 Å². The first-order valence-corrected chi connectivity index (χ1v) is 10.6. The zero-order valence-electron chi connectivity index (χ0n) is 14.6. The lowest BCUT2D eigenvalue weighted by molar-refractivity contribution is -0.152. The maximum atomic E-state index is 9.24. The third-order valence-corrected chi connectivity index (χ3v) is 8.90. The molecule has 1 heterocycles. The van der Waals surface area contributed by atoms with Gasteiger partial charge in [-0.3, -0.25) is 0 Å². The molecule has 0 aromatic rings. The van der Waals surface area contributed by atoms with Crippen LogP contribution in [0.2, 0.25) is 18.1 Å². The molecule has 1 aliphatic rings. The van der Waals surface area contributed by atoms with Crippen molar-refractivity contribution in [1.82, 2.24) is 0 Å². The summed E-state index contributed by atoms with van der Waals surface area (Å²) in [6, 6.07) is 0. The van der Waals surface area contributed by atoms with E-state index in [4.69, 9.17) is 13.9 Å². The topological polar surface area (TPSA) is 47.9 Å². The van der Waals surface area contributed by atoms with Gasteiger partial charge in [-0.25, -0.2) is 0 Å². The minimum Gasteiger partial charge on any atom is -0.408 e. The Kier molecular flexibility index (Phi) is 5.84. The largest absolute Gasteiger partial charge is 0.408 e. The van der Waals surface area contributed by atoms with E-state index in [1.54, 1.807) is 6.08 Å². The first-order valence-electron chi connectivity index (χ1n) is 7.70. The first kappa shape index (κ1) is 18.8. The van der Waals surface area contributed by atoms with Crippen LogP contribution in [-0.2, 0) is 13.9 Å². The van der Waals surface area contributed by atoms with Crippen LogP contribution < -0.4 is 0 Å². The highest BCUT2D eigenvalue weighted by Gasteiger charge is 2.47. The Morgan fingerprint density at radius 2 is 1.90 bits per heavy atom. The van der Waals surface area contributed by atoms with E-state index in [1.807, 2.05) is 13.8 Å². The van der Waals surface area contributed by atoms with Crippen molar-refractivity contribution >= 4 is 8.32 Å². The van der Waals surface area contributed by atoms with E-state index in [-0.39, 0.29) is 30.0 Å². The lowest BCUT2D eigenvalue weighted by atomic mass is 10.1. The van der Waals surface area contributed by atoms with Crippen molar-refractivity contribution in [2.45, 2.75) is 83.3 Å². The molecule has 0 saturated carbocycles. The quantitative estimate of drug-likeness (QED) is 0.602. The number of hydrogen-bond donors (Lipinski definition) is 1. The fourth-order valence-electron chi connectivity index (χ4n) is 2.26. The summed E-state index contributed by atoms with van der Waals surface area (Å²) in [6.45, 7) is 18.8. The van der Waals surface area contributed by atoms with Crippen molar-refractivity contribution < 1.29 is 19.0 Å². The molecule has 1 rings (SSSR count). The van der Waals surface area contributed by atoms with Crippen molar-refractivity contribution in [3.8, 4) is 0 Å². The molecular weight excluding hydrogens is 284 g/mol. The van der Waals surface area contributed by atoms with Crippen LogP contribution in [-0.4, -0.2) is 44.1 Å². The molecule has 0 bridgehead atoms. The predicted octanol–water partition coefficient (Wildman–Crippen LogP) is 3.47. The van der Waals surface area contributed by atoms with Crippen molar-refractivity contribution in [3.63, 3.8) is 0 Å². The van der Waals surface area contributed by atoms with Crippen LogP contribution in [0.25, 0.3) is 0 Å². The lowest BCUT2D eigenvalue weighted by Crippen LogP contribution is -2.48. The third kappa shape index (κ3) is 4.63. The Morgan fingerprint density at radius 3 is 2.33 bits per heavy atom. The van der Waals surface area contributed by atoms with Gasteiger partial charge < -0.3 is 19.0 Å². The Balaban J connectivity index is 2.90. The van der Waals surface area contributed by atoms with E-state index >= 15 is 0 Å². The zero-order valence-corrected chi connectivity index (χ0v) is 15.6. The van der Waals surface area contributed by atoms with Gasteiger partial charge in [-0.15, -0.1) is 6.58 Å². The Morgan fingerprint density at radius 1 is 1.33 bits per heavy atom. The molecule has 1 saturated heterocycles. The molecule has 0 unspecified atom stereocenters. The summed E-state index contributed by atoms with van der Waals surface area (Å²) in [5.41, 5.74) is 0. The Bertz CT molecular complexity index is 360. The zero-order chi connectivity index (χ0) is 16.5. The molecule has 0 radical (unpaired) electrons. The second-order valence-corrected chi connectivity index (χ2v) is 12.5. The van der Waals surface area contributed by atoms with Gasteiger partial charge in [-0.1, -0.05) is 26.8 Å². The van der Waals surface area contributed by atoms with Crippen LogP contribution >= 0.6 is 0 Å². The molecular formula is C16H32O4Si. The van der Waals surface area contributed by atoms with Crippen molar-refractivity contribution in [2.75, 3.05) is 6.61 Å². The van der Waals surface area contributed by atoms with Gasteiger partial charge in [0.25, 0.3) is 0 Å². The molecule has 4 nitrogen and oxygen atoms in total. The molecule has 3 atom stereocenters.